The summed E-state index contributed by atoms with van der Waals surface area (Å²) < 4.78 is 14.5. The highest BCUT2D eigenvalue weighted by Crippen LogP contribution is 2.31. The number of amides is 1. The van der Waals surface area contributed by atoms with Crippen molar-refractivity contribution in [1.82, 2.24) is 24.4 Å². The Kier molecular flexibility index (Phi) is 6.28. The van der Waals surface area contributed by atoms with Crippen LogP contribution in [0.5, 0.6) is 11.5 Å². The van der Waals surface area contributed by atoms with Crippen LogP contribution in [0.15, 0.2) is 54.7 Å². The highest BCUT2D eigenvalue weighted by molar-refractivity contribution is 5.92. The van der Waals surface area contributed by atoms with Gasteiger partial charge in [0.15, 0.2) is 17.1 Å². The molecule has 5 rings (SSSR count). The van der Waals surface area contributed by atoms with Gasteiger partial charge in [-0.15, -0.1) is 0 Å². The van der Waals surface area contributed by atoms with Crippen molar-refractivity contribution in [2.45, 2.75) is 33.2 Å². The van der Waals surface area contributed by atoms with E-state index in [2.05, 4.69) is 10.4 Å². The number of anilines is 1. The average molecular weight is 485 g/mol. The quantitative estimate of drug-likeness (QED) is 0.352. The standard InChI is InChI=1S/C27H28N6O3/c1-17-20(18(2)33-27(29-17)21-9-5-6-10-22(21)31-33)12-13-25(34)30-24-14-15-28-32(24)16-19-8-7-11-23(35-3)26(19)36-4/h5-11,14-15H,12-13,16H2,1-4H3,(H,30,34). The van der Waals surface area contributed by atoms with Crippen molar-refractivity contribution in [3.05, 3.63) is 77.2 Å². The number of hydrogen-bond acceptors (Lipinski definition) is 6. The minimum absolute atomic E-state index is 0.0983. The maximum Gasteiger partial charge on any atom is 0.225 e. The minimum atomic E-state index is -0.0983. The Labute approximate surface area is 208 Å². The second kappa shape index (κ2) is 9.69. The molecule has 0 aliphatic carbocycles. The van der Waals surface area contributed by atoms with Crippen LogP contribution < -0.4 is 14.8 Å². The van der Waals surface area contributed by atoms with Crippen LogP contribution >= 0.6 is 0 Å². The van der Waals surface area contributed by atoms with E-state index in [1.54, 1.807) is 31.2 Å². The lowest BCUT2D eigenvalue weighted by Crippen LogP contribution is -2.17. The van der Waals surface area contributed by atoms with Crippen molar-refractivity contribution in [1.29, 1.82) is 0 Å². The molecule has 5 aromatic rings. The van der Waals surface area contributed by atoms with Gasteiger partial charge in [0, 0.05) is 34.8 Å². The molecule has 184 valence electrons. The van der Waals surface area contributed by atoms with Gasteiger partial charge in [0.1, 0.15) is 5.82 Å². The summed E-state index contributed by atoms with van der Waals surface area (Å²) >= 11 is 0. The molecule has 0 spiro atoms. The Morgan fingerprint density at radius 3 is 2.67 bits per heavy atom. The molecule has 0 aliphatic heterocycles. The molecule has 9 heteroatoms. The zero-order chi connectivity index (χ0) is 25.2. The maximum atomic E-state index is 12.9. The van der Waals surface area contributed by atoms with E-state index in [9.17, 15) is 4.79 Å². The monoisotopic (exact) mass is 484 g/mol. The molecule has 0 bridgehead atoms. The third-order valence-electron chi connectivity index (χ3n) is 6.41. The van der Waals surface area contributed by atoms with Gasteiger partial charge < -0.3 is 14.8 Å². The first-order chi connectivity index (χ1) is 17.5. The fraction of sp³-hybridized carbons (Fsp3) is 0.259. The zero-order valence-electron chi connectivity index (χ0n) is 20.8. The summed E-state index contributed by atoms with van der Waals surface area (Å²) in [5, 5.41) is 13.1. The van der Waals surface area contributed by atoms with E-state index in [4.69, 9.17) is 19.6 Å². The van der Waals surface area contributed by atoms with E-state index >= 15 is 0 Å². The normalized spacial score (nSPS) is 11.2. The number of nitrogens with zero attached hydrogens (tertiary/aromatic N) is 5. The van der Waals surface area contributed by atoms with Crippen molar-refractivity contribution in [2.24, 2.45) is 0 Å². The number of para-hydroxylation sites is 1. The van der Waals surface area contributed by atoms with E-state index in [0.717, 1.165) is 39.1 Å². The lowest BCUT2D eigenvalue weighted by atomic mass is 10.1. The van der Waals surface area contributed by atoms with E-state index in [1.807, 2.05) is 60.8 Å². The average Bonchev–Trinajstić information content (AvgIpc) is 3.48. The van der Waals surface area contributed by atoms with Crippen LogP contribution in [0.2, 0.25) is 0 Å². The molecule has 2 aromatic carbocycles. The fourth-order valence-electron chi connectivity index (χ4n) is 4.59. The summed E-state index contributed by atoms with van der Waals surface area (Å²) in [6.07, 6.45) is 2.53. The maximum absolute atomic E-state index is 12.9. The smallest absolute Gasteiger partial charge is 0.225 e. The Morgan fingerprint density at radius 1 is 1.03 bits per heavy atom. The van der Waals surface area contributed by atoms with Gasteiger partial charge in [0.25, 0.3) is 0 Å². The van der Waals surface area contributed by atoms with Gasteiger partial charge in [-0.25, -0.2) is 14.2 Å². The number of carbonyl (C=O) groups is 1. The number of ether oxygens (including phenoxy) is 2. The van der Waals surface area contributed by atoms with Crippen molar-refractivity contribution in [2.75, 3.05) is 19.5 Å². The van der Waals surface area contributed by atoms with E-state index in [1.165, 1.54) is 0 Å². The molecular weight excluding hydrogens is 456 g/mol. The van der Waals surface area contributed by atoms with E-state index in [-0.39, 0.29) is 5.91 Å². The van der Waals surface area contributed by atoms with Crippen molar-refractivity contribution < 1.29 is 14.3 Å². The van der Waals surface area contributed by atoms with Gasteiger partial charge >= 0.3 is 0 Å². The first-order valence-corrected chi connectivity index (χ1v) is 11.7. The number of methoxy groups -OCH3 is 2. The summed E-state index contributed by atoms with van der Waals surface area (Å²) in [6, 6.07) is 15.4. The molecular formula is C27H28N6O3. The summed E-state index contributed by atoms with van der Waals surface area (Å²) in [7, 11) is 3.21. The van der Waals surface area contributed by atoms with Crippen LogP contribution in [-0.4, -0.2) is 44.5 Å². The second-order valence-corrected chi connectivity index (χ2v) is 8.59. The Hall–Kier alpha value is -4.40. The minimum Gasteiger partial charge on any atom is -0.493 e. The summed E-state index contributed by atoms with van der Waals surface area (Å²) in [6.45, 7) is 4.44. The van der Waals surface area contributed by atoms with Crippen LogP contribution in [0, 0.1) is 13.8 Å². The third-order valence-corrected chi connectivity index (χ3v) is 6.41. The molecule has 0 fully saturated rings. The number of nitrogens with one attached hydrogen (secondary N) is 1. The molecule has 0 atom stereocenters. The molecule has 0 saturated heterocycles. The molecule has 0 unspecified atom stereocenters. The van der Waals surface area contributed by atoms with Gasteiger partial charge in [-0.1, -0.05) is 24.3 Å². The van der Waals surface area contributed by atoms with E-state index in [0.29, 0.717) is 36.7 Å². The zero-order valence-corrected chi connectivity index (χ0v) is 20.8. The highest BCUT2D eigenvalue weighted by atomic mass is 16.5. The number of fused-ring (bicyclic) bond motifs is 3. The topological polar surface area (TPSA) is 95.6 Å². The first-order valence-electron chi connectivity index (χ1n) is 11.7. The van der Waals surface area contributed by atoms with Crippen molar-refractivity contribution in [3.63, 3.8) is 0 Å². The van der Waals surface area contributed by atoms with Crippen LogP contribution in [-0.2, 0) is 17.8 Å². The molecule has 3 heterocycles. The van der Waals surface area contributed by atoms with Crippen LogP contribution in [0.4, 0.5) is 5.82 Å². The number of hydrogen-bond donors (Lipinski definition) is 1. The lowest BCUT2D eigenvalue weighted by molar-refractivity contribution is -0.116. The van der Waals surface area contributed by atoms with Crippen molar-refractivity contribution in [3.8, 4) is 11.5 Å². The van der Waals surface area contributed by atoms with Gasteiger partial charge in [0.05, 0.1) is 32.5 Å². The van der Waals surface area contributed by atoms with Crippen LogP contribution in [0.25, 0.3) is 16.6 Å². The highest BCUT2D eigenvalue weighted by Gasteiger charge is 2.16. The molecule has 1 N–H and O–H groups in total. The third kappa shape index (κ3) is 4.24. The molecule has 1 amide bonds. The lowest BCUT2D eigenvalue weighted by Gasteiger charge is -2.14. The number of carbonyl (C=O) groups excluding carboxylic acids is 1. The number of rotatable bonds is 8. The summed E-state index contributed by atoms with van der Waals surface area (Å²) in [5.74, 6) is 1.81. The molecule has 9 nitrogen and oxygen atoms in total. The number of aryl methyl sites for hydroxylation is 2. The predicted molar refractivity (Wildman–Crippen MR) is 138 cm³/mol. The first kappa shape index (κ1) is 23.3. The van der Waals surface area contributed by atoms with Gasteiger partial charge in [-0.05, 0) is 44.0 Å². The van der Waals surface area contributed by atoms with Crippen molar-refractivity contribution >= 4 is 28.3 Å². The van der Waals surface area contributed by atoms with Gasteiger partial charge in [0.2, 0.25) is 5.91 Å². The van der Waals surface area contributed by atoms with E-state index < -0.39 is 0 Å². The number of aromatic nitrogens is 5. The SMILES string of the molecule is COc1cccc(Cn2nccc2NC(=O)CCc2c(C)nc3c4ccccc4nn3c2C)c1OC. The summed E-state index contributed by atoms with van der Waals surface area (Å²) in [4.78, 5) is 17.7. The van der Waals surface area contributed by atoms with Gasteiger partial charge in [-0.3, -0.25) is 4.79 Å². The number of benzene rings is 2. The molecule has 0 saturated carbocycles. The van der Waals surface area contributed by atoms with Crippen LogP contribution in [0.3, 0.4) is 0 Å². The largest absolute Gasteiger partial charge is 0.493 e. The fourth-order valence-corrected chi connectivity index (χ4v) is 4.59. The Balaban J connectivity index is 1.31. The Morgan fingerprint density at radius 2 is 1.86 bits per heavy atom. The van der Waals surface area contributed by atoms with Crippen LogP contribution in [0.1, 0.15) is 28.9 Å². The molecule has 0 aliphatic rings. The second-order valence-electron chi connectivity index (χ2n) is 8.59. The molecule has 3 aromatic heterocycles. The van der Waals surface area contributed by atoms with Gasteiger partial charge in [-0.2, -0.15) is 10.2 Å². The molecule has 0 radical (unpaired) electrons. The molecule has 36 heavy (non-hydrogen) atoms. The Bertz CT molecular complexity index is 1570. The predicted octanol–water partition coefficient (Wildman–Crippen LogP) is 4.33. The summed E-state index contributed by atoms with van der Waals surface area (Å²) in [5.41, 5.74) is 5.58.